The van der Waals surface area contributed by atoms with Gasteiger partial charge in [0.2, 0.25) is 5.91 Å². The van der Waals surface area contributed by atoms with Crippen molar-refractivity contribution < 1.29 is 44.4 Å². The molecule has 0 aromatic heterocycles. The molecule has 0 unspecified atom stereocenters. The van der Waals surface area contributed by atoms with Crippen LogP contribution < -0.4 is 0 Å². The van der Waals surface area contributed by atoms with Crippen LogP contribution in [-0.2, 0) is 44.4 Å². The van der Waals surface area contributed by atoms with Crippen LogP contribution in [0.4, 0.5) is 0 Å². The van der Waals surface area contributed by atoms with Gasteiger partial charge < -0.3 is 27.2 Å². The molecule has 11 heavy (non-hydrogen) atoms. The first-order valence-corrected chi connectivity index (χ1v) is 1.82. The summed E-state index contributed by atoms with van der Waals surface area (Å²) in [6.07, 6.45) is 0. The van der Waals surface area contributed by atoms with Gasteiger partial charge in [-0.15, -0.1) is 0 Å². The maximum Gasteiger partial charge on any atom is 2.00 e. The number of rotatable bonds is 0. The minimum Gasteiger partial charge on any atom is -0.358 e. The molecule has 0 heterocycles. The topological polar surface area (TPSA) is 20.3 Å². The summed E-state index contributed by atoms with van der Waals surface area (Å²) in [5.41, 5.74) is 0. The zero-order valence-electron chi connectivity index (χ0n) is 8.21. The van der Waals surface area contributed by atoms with E-state index in [1.54, 1.807) is 14.1 Å². The maximum atomic E-state index is 10.1. The van der Waals surface area contributed by atoms with E-state index in [2.05, 4.69) is 0 Å². The van der Waals surface area contributed by atoms with Gasteiger partial charge in [0.05, 0.1) is 0 Å². The van der Waals surface area contributed by atoms with E-state index in [1.165, 1.54) is 11.8 Å². The van der Waals surface area contributed by atoms with Gasteiger partial charge in [0.25, 0.3) is 0 Å². The molecule has 0 spiro atoms. The average molecular weight is 367 g/mol. The molecule has 0 aromatic carbocycles. The van der Waals surface area contributed by atoms with Gasteiger partial charge >= 0.3 is 18.6 Å². The number of hydrogen-bond donors (Lipinski definition) is 0. The quantitative estimate of drug-likeness (QED) is 0.594. The Balaban J connectivity index is -0.0000000125. The summed E-state index contributed by atoms with van der Waals surface area (Å²) in [6.45, 7) is 1.53. The summed E-state index contributed by atoms with van der Waals surface area (Å²) in [5.74, 6) is 0.0926. The van der Waals surface area contributed by atoms with Crippen molar-refractivity contribution in [1.29, 1.82) is 0 Å². The number of carbonyl (C=O) groups is 1. The summed E-state index contributed by atoms with van der Waals surface area (Å²) in [6, 6.07) is 0. The first kappa shape index (κ1) is 41.1. The maximum absolute atomic E-state index is 10.1. The molecule has 0 N–H and O–H groups in total. The molecule has 2 nitrogen and oxygen atoms in total. The van der Waals surface area contributed by atoms with Crippen LogP contribution in [0.3, 0.4) is 0 Å². The van der Waals surface area contributed by atoms with Crippen molar-refractivity contribution in [3.63, 3.8) is 0 Å². The molecule has 0 aliphatic heterocycles. The predicted octanol–water partition coefficient (Wildman–Crippen LogP) is 1.44. The van der Waals surface area contributed by atoms with E-state index < -0.39 is 0 Å². The molecule has 4 heteroatoms. The second-order valence-electron chi connectivity index (χ2n) is 1.41. The van der Waals surface area contributed by atoms with Gasteiger partial charge in [0.15, 0.2) is 0 Å². The summed E-state index contributed by atoms with van der Waals surface area (Å²) in [5, 5.41) is 0. The van der Waals surface area contributed by atoms with E-state index in [-0.39, 0.29) is 67.8 Å². The predicted molar refractivity (Wildman–Crippen MR) is 43.6 cm³/mol. The first-order chi connectivity index (χ1) is 2.64. The van der Waals surface area contributed by atoms with Crippen LogP contribution in [-0.4, -0.2) is 24.9 Å². The van der Waals surface area contributed by atoms with Gasteiger partial charge in [-0.3, -0.25) is 4.79 Å². The molecular weight excluding hydrogens is 349 g/mol. The van der Waals surface area contributed by atoms with Gasteiger partial charge in [-0.2, -0.15) is 0 Å². The van der Waals surface area contributed by atoms with Crippen LogP contribution in [0, 0.1) is 22.3 Å². The van der Waals surface area contributed by atoms with Crippen molar-refractivity contribution >= 4 is 5.91 Å². The fourth-order valence-electron chi connectivity index (χ4n) is 0. The second kappa shape index (κ2) is 22.4. The molecule has 0 aromatic rings. The van der Waals surface area contributed by atoms with Crippen molar-refractivity contribution in [2.24, 2.45) is 0 Å². The molecular formula is C7H18NOVW-. The van der Waals surface area contributed by atoms with Crippen LogP contribution in [0.15, 0.2) is 0 Å². The Labute approximate surface area is 98.3 Å². The van der Waals surface area contributed by atoms with Crippen LogP contribution in [0.1, 0.15) is 6.92 Å². The number of amides is 1. The largest absolute Gasteiger partial charge is 2.00 e. The van der Waals surface area contributed by atoms with Gasteiger partial charge in [-0.25, -0.2) is 0 Å². The van der Waals surface area contributed by atoms with E-state index in [1.807, 2.05) is 0 Å². The average Bonchev–Trinajstić information content (AvgIpc) is 1.36. The molecule has 0 atom stereocenters. The molecule has 0 saturated carbocycles. The molecule has 0 aliphatic rings. The molecule has 0 aliphatic carbocycles. The fourth-order valence-corrected chi connectivity index (χ4v) is 0. The third-order valence-electron chi connectivity index (χ3n) is 0.630. The van der Waals surface area contributed by atoms with Crippen LogP contribution >= 0.6 is 0 Å². The number of nitrogens with zero attached hydrogens (tertiary/aromatic N) is 1. The van der Waals surface area contributed by atoms with Gasteiger partial charge in [0, 0.05) is 42.1 Å². The van der Waals surface area contributed by atoms with E-state index in [9.17, 15) is 4.79 Å². The summed E-state index contributed by atoms with van der Waals surface area (Å²) >= 11 is 0. The zero-order chi connectivity index (χ0) is 5.15. The van der Waals surface area contributed by atoms with Gasteiger partial charge in [0.1, 0.15) is 0 Å². The molecule has 0 fully saturated rings. The number of carbonyl (C=O) groups excluding carboxylic acids is 1. The number of hydrogen-bond acceptors (Lipinski definition) is 1. The Morgan fingerprint density at radius 2 is 1.18 bits per heavy atom. The minimum atomic E-state index is 0. The summed E-state index contributed by atoms with van der Waals surface area (Å²) in [4.78, 5) is 11.6. The van der Waals surface area contributed by atoms with Crippen LogP contribution in [0.25, 0.3) is 0 Å². The van der Waals surface area contributed by atoms with Crippen molar-refractivity contribution in [3.05, 3.63) is 22.3 Å². The summed E-state index contributed by atoms with van der Waals surface area (Å²) in [7, 11) is 3.45. The van der Waals surface area contributed by atoms with E-state index in [4.69, 9.17) is 0 Å². The van der Waals surface area contributed by atoms with Crippen LogP contribution in [0.5, 0.6) is 0 Å². The van der Waals surface area contributed by atoms with Crippen molar-refractivity contribution in [3.8, 4) is 0 Å². The standard InChI is InChI=1S/C4H9NO.3CH3.V.W/c1-4(6)5(2)3;;;;;/h1-3H3;3*1H3;;/q;3*-1;+2;. The Hall–Kier alpha value is 0.743. The van der Waals surface area contributed by atoms with Crippen molar-refractivity contribution in [1.82, 2.24) is 4.90 Å². The fraction of sp³-hybridized carbons (Fsp3) is 0.429. The monoisotopic (exact) mass is 367 g/mol. The Morgan fingerprint density at radius 1 is 1.09 bits per heavy atom. The van der Waals surface area contributed by atoms with E-state index in [0.29, 0.717) is 0 Å². The van der Waals surface area contributed by atoms with E-state index in [0.717, 1.165) is 0 Å². The van der Waals surface area contributed by atoms with Gasteiger partial charge in [-0.1, -0.05) is 0 Å². The molecule has 0 saturated heterocycles. The smallest absolute Gasteiger partial charge is 0.358 e. The third kappa shape index (κ3) is 36.5. The van der Waals surface area contributed by atoms with Gasteiger partial charge in [-0.05, 0) is 0 Å². The summed E-state index contributed by atoms with van der Waals surface area (Å²) < 4.78 is 0. The Kier molecular flexibility index (Phi) is 83.8. The van der Waals surface area contributed by atoms with E-state index >= 15 is 0 Å². The molecule has 69 valence electrons. The molecule has 0 bridgehead atoms. The Bertz CT molecular complexity index is 69.5. The SMILES string of the molecule is CC(=O)N(C)C.[CH3-].[CH3-].[CH3-].[V+2].[W]. The Morgan fingerprint density at radius 3 is 1.18 bits per heavy atom. The molecule has 1 amide bonds. The van der Waals surface area contributed by atoms with Crippen LogP contribution in [0.2, 0.25) is 0 Å². The normalized spacial score (nSPS) is 4.27. The second-order valence-corrected chi connectivity index (χ2v) is 1.41. The molecule has 1 radical (unpaired) electrons. The first-order valence-electron chi connectivity index (χ1n) is 1.82. The van der Waals surface area contributed by atoms with Crippen molar-refractivity contribution in [2.45, 2.75) is 6.92 Å². The molecule has 0 rings (SSSR count). The zero-order valence-corrected chi connectivity index (χ0v) is 12.5. The minimum absolute atomic E-state index is 0. The third-order valence-corrected chi connectivity index (χ3v) is 0.630. The van der Waals surface area contributed by atoms with Crippen molar-refractivity contribution in [2.75, 3.05) is 14.1 Å².